The van der Waals surface area contributed by atoms with E-state index in [-0.39, 0.29) is 11.2 Å². The second-order valence-corrected chi connectivity index (χ2v) is 6.06. The molecule has 1 aromatic heterocycles. The van der Waals surface area contributed by atoms with E-state index in [0.717, 1.165) is 22.3 Å². The van der Waals surface area contributed by atoms with E-state index in [1.54, 1.807) is 18.8 Å². The summed E-state index contributed by atoms with van der Waals surface area (Å²) in [4.78, 5) is 16.4. The van der Waals surface area contributed by atoms with E-state index in [1.807, 2.05) is 13.0 Å². The van der Waals surface area contributed by atoms with Gasteiger partial charge in [0.05, 0.1) is 35.4 Å². The van der Waals surface area contributed by atoms with E-state index in [2.05, 4.69) is 4.98 Å². The van der Waals surface area contributed by atoms with E-state index < -0.39 is 0 Å². The summed E-state index contributed by atoms with van der Waals surface area (Å²) in [5.41, 5.74) is 1.57. The Kier molecular flexibility index (Phi) is 3.25. The number of aromatic amines is 1. The van der Waals surface area contributed by atoms with E-state index in [0.29, 0.717) is 16.3 Å². The summed E-state index contributed by atoms with van der Waals surface area (Å²) in [6.45, 7) is 1.99. The van der Waals surface area contributed by atoms with Crippen LogP contribution in [0, 0.1) is 4.77 Å². The van der Waals surface area contributed by atoms with Crippen LogP contribution in [0.25, 0.3) is 11.0 Å². The van der Waals surface area contributed by atoms with Crippen molar-refractivity contribution >= 4 is 40.9 Å². The quantitative estimate of drug-likeness (QED) is 0.882. The van der Waals surface area contributed by atoms with E-state index in [9.17, 15) is 4.79 Å². The van der Waals surface area contributed by atoms with Crippen LogP contribution in [0.15, 0.2) is 11.0 Å². The van der Waals surface area contributed by atoms with Gasteiger partial charge < -0.3 is 14.5 Å². The van der Waals surface area contributed by atoms with Gasteiger partial charge in [-0.2, -0.15) is 0 Å². The smallest absolute Gasteiger partial charge is 0.246 e. The van der Waals surface area contributed by atoms with Crippen LogP contribution in [-0.2, 0) is 0 Å². The zero-order chi connectivity index (χ0) is 14.4. The molecule has 0 saturated heterocycles. The summed E-state index contributed by atoms with van der Waals surface area (Å²) >= 11 is 6.79. The average molecular weight is 310 g/mol. The monoisotopic (exact) mass is 310 g/mol. The maximum Gasteiger partial charge on any atom is 0.246 e. The Morgan fingerprint density at radius 2 is 2.20 bits per heavy atom. The fourth-order valence-electron chi connectivity index (χ4n) is 2.46. The van der Waals surface area contributed by atoms with Crippen molar-refractivity contribution in [2.75, 3.05) is 14.2 Å². The highest BCUT2D eigenvalue weighted by Crippen LogP contribution is 2.47. The molecule has 106 valence electrons. The summed E-state index contributed by atoms with van der Waals surface area (Å²) in [5, 5.41) is -0.158. The van der Waals surface area contributed by atoms with E-state index in [4.69, 9.17) is 21.7 Å². The number of nitrogens with zero attached hydrogens (tertiary/aromatic N) is 1. The molecule has 3 rings (SSSR count). The van der Waals surface area contributed by atoms with Gasteiger partial charge in [0, 0.05) is 6.07 Å². The molecule has 2 heterocycles. The van der Waals surface area contributed by atoms with Crippen molar-refractivity contribution in [3.05, 3.63) is 10.8 Å². The zero-order valence-electron chi connectivity index (χ0n) is 11.4. The van der Waals surface area contributed by atoms with Crippen LogP contribution in [-0.4, -0.2) is 34.9 Å². The van der Waals surface area contributed by atoms with Gasteiger partial charge in [-0.1, -0.05) is 6.92 Å². The predicted molar refractivity (Wildman–Crippen MR) is 80.8 cm³/mol. The lowest BCUT2D eigenvalue weighted by Crippen LogP contribution is -2.27. The van der Waals surface area contributed by atoms with Crippen molar-refractivity contribution in [3.8, 4) is 11.5 Å². The standard InChI is InChI=1S/C13H14N2O3S2/c1-4-8-12(16)15-9-6(14-13(15)19)5-7(17-2)10(18-3)11(9)20-8/h5,8H,4H2,1-3H3,(H,14,19). The van der Waals surface area contributed by atoms with E-state index >= 15 is 0 Å². The Bertz CT molecular complexity index is 763. The minimum Gasteiger partial charge on any atom is -0.493 e. The molecule has 1 atom stereocenters. The molecule has 0 spiro atoms. The molecule has 0 saturated carbocycles. The summed E-state index contributed by atoms with van der Waals surface area (Å²) in [6, 6.07) is 1.81. The minimum absolute atomic E-state index is 0.0217. The number of benzene rings is 1. The second kappa shape index (κ2) is 4.82. The van der Waals surface area contributed by atoms with Crippen molar-refractivity contribution in [2.24, 2.45) is 0 Å². The van der Waals surface area contributed by atoms with Gasteiger partial charge in [0.15, 0.2) is 16.3 Å². The number of carbonyl (C=O) groups excluding carboxylic acids is 1. The van der Waals surface area contributed by atoms with Gasteiger partial charge in [0.1, 0.15) is 0 Å². The van der Waals surface area contributed by atoms with Gasteiger partial charge in [-0.3, -0.25) is 9.36 Å². The van der Waals surface area contributed by atoms with E-state index in [1.165, 1.54) is 11.8 Å². The molecular weight excluding hydrogens is 296 g/mol. The molecule has 1 aliphatic heterocycles. The first-order chi connectivity index (χ1) is 9.62. The Hall–Kier alpha value is -1.47. The van der Waals surface area contributed by atoms with Crippen LogP contribution in [0.3, 0.4) is 0 Å². The minimum atomic E-state index is -0.158. The highest BCUT2D eigenvalue weighted by molar-refractivity contribution is 8.01. The SMILES string of the molecule is CCC1Sc2c(OC)c(OC)cc3[nH]c(=S)n(c23)C1=O. The number of ether oxygens (including phenoxy) is 2. The first kappa shape index (κ1) is 13.5. The first-order valence-corrected chi connectivity index (χ1v) is 7.51. The lowest BCUT2D eigenvalue weighted by molar-refractivity contribution is 0.0909. The predicted octanol–water partition coefficient (Wildman–Crippen LogP) is 3.24. The van der Waals surface area contributed by atoms with Gasteiger partial charge in [0.2, 0.25) is 5.91 Å². The van der Waals surface area contributed by atoms with Crippen LogP contribution < -0.4 is 9.47 Å². The summed E-state index contributed by atoms with van der Waals surface area (Å²) < 4.78 is 12.8. The summed E-state index contributed by atoms with van der Waals surface area (Å²) in [7, 11) is 3.20. The Morgan fingerprint density at radius 3 is 2.80 bits per heavy atom. The van der Waals surface area contributed by atoms with Crippen LogP contribution in [0.1, 0.15) is 18.1 Å². The number of aromatic nitrogens is 2. The fourth-order valence-corrected chi connectivity index (χ4v) is 4.01. The molecule has 0 radical (unpaired) electrons. The van der Waals surface area contributed by atoms with Crippen LogP contribution in [0.4, 0.5) is 0 Å². The van der Waals surface area contributed by atoms with Gasteiger partial charge in [0.25, 0.3) is 0 Å². The maximum atomic E-state index is 12.5. The topological polar surface area (TPSA) is 56.2 Å². The lowest BCUT2D eigenvalue weighted by atomic mass is 10.2. The number of hydrogen-bond donors (Lipinski definition) is 1. The van der Waals surface area contributed by atoms with Crippen molar-refractivity contribution in [1.29, 1.82) is 0 Å². The van der Waals surface area contributed by atoms with Crippen molar-refractivity contribution in [1.82, 2.24) is 9.55 Å². The molecule has 0 amide bonds. The van der Waals surface area contributed by atoms with Crippen molar-refractivity contribution in [2.45, 2.75) is 23.5 Å². The number of imidazole rings is 1. The third-order valence-electron chi connectivity index (χ3n) is 3.39. The second-order valence-electron chi connectivity index (χ2n) is 4.46. The summed E-state index contributed by atoms with van der Waals surface area (Å²) in [5.74, 6) is 1.31. The highest BCUT2D eigenvalue weighted by Gasteiger charge is 2.33. The van der Waals surface area contributed by atoms with Gasteiger partial charge in [-0.25, -0.2) is 0 Å². The van der Waals surface area contributed by atoms with Gasteiger partial charge in [-0.15, -0.1) is 11.8 Å². The van der Waals surface area contributed by atoms with Crippen LogP contribution in [0.2, 0.25) is 0 Å². The number of methoxy groups -OCH3 is 2. The molecule has 1 N–H and O–H groups in total. The molecular formula is C13H14N2O3S2. The number of thioether (sulfide) groups is 1. The molecule has 0 aliphatic carbocycles. The van der Waals surface area contributed by atoms with Crippen molar-refractivity contribution in [3.63, 3.8) is 0 Å². The van der Waals surface area contributed by atoms with Gasteiger partial charge >= 0.3 is 0 Å². The average Bonchev–Trinajstić information content (AvgIpc) is 2.78. The Labute approximate surface area is 125 Å². The number of nitrogens with one attached hydrogen (secondary N) is 1. The first-order valence-electron chi connectivity index (χ1n) is 6.23. The molecule has 7 heteroatoms. The number of carbonyl (C=O) groups is 1. The number of hydrogen-bond acceptors (Lipinski definition) is 5. The third kappa shape index (κ3) is 1.69. The molecule has 1 aliphatic rings. The highest BCUT2D eigenvalue weighted by atomic mass is 32.2. The van der Waals surface area contributed by atoms with Crippen LogP contribution >= 0.6 is 24.0 Å². The van der Waals surface area contributed by atoms with Crippen molar-refractivity contribution < 1.29 is 14.3 Å². The third-order valence-corrected chi connectivity index (χ3v) is 5.11. The number of rotatable bonds is 3. The lowest BCUT2D eigenvalue weighted by Gasteiger charge is -2.23. The fraction of sp³-hybridized carbons (Fsp3) is 0.385. The largest absolute Gasteiger partial charge is 0.493 e. The molecule has 5 nitrogen and oxygen atoms in total. The number of H-pyrrole nitrogens is 1. The maximum absolute atomic E-state index is 12.5. The molecule has 1 unspecified atom stereocenters. The molecule has 20 heavy (non-hydrogen) atoms. The zero-order valence-corrected chi connectivity index (χ0v) is 13.0. The molecule has 0 fully saturated rings. The normalized spacial score (nSPS) is 17.6. The Balaban J connectivity index is 2.44. The molecule has 2 aromatic rings. The van der Waals surface area contributed by atoms with Crippen LogP contribution in [0.5, 0.6) is 11.5 Å². The summed E-state index contributed by atoms with van der Waals surface area (Å²) in [6.07, 6.45) is 0.734. The van der Waals surface area contributed by atoms with Gasteiger partial charge in [-0.05, 0) is 18.6 Å². The Morgan fingerprint density at radius 1 is 1.45 bits per heavy atom. The molecule has 1 aromatic carbocycles. The molecule has 0 bridgehead atoms.